The molecule has 3 rings (SSSR count). The SMILES string of the molecule is CCC(C)NC(=O)c1nc(C(=O)NCc2ccccc2F)n2ccccc12. The van der Waals surface area contributed by atoms with E-state index in [1.807, 2.05) is 13.8 Å². The molecule has 2 aromatic heterocycles. The second-order valence-corrected chi connectivity index (χ2v) is 6.30. The third kappa shape index (κ3) is 3.97. The number of aromatic nitrogens is 2. The molecule has 0 radical (unpaired) electrons. The molecule has 0 bridgehead atoms. The molecule has 2 heterocycles. The Labute approximate surface area is 156 Å². The zero-order valence-electron chi connectivity index (χ0n) is 15.2. The second kappa shape index (κ2) is 7.99. The lowest BCUT2D eigenvalue weighted by Gasteiger charge is -2.09. The van der Waals surface area contributed by atoms with Crippen molar-refractivity contribution in [1.29, 1.82) is 0 Å². The third-order valence-electron chi connectivity index (χ3n) is 4.35. The molecule has 0 spiro atoms. The molecule has 140 valence electrons. The minimum atomic E-state index is -0.484. The standard InChI is InChI=1S/C20H21FN4O2/c1-3-13(2)23-19(26)17-16-10-6-7-11-25(16)18(24-17)20(27)22-12-14-8-4-5-9-15(14)21/h4-11,13H,3,12H2,1-2H3,(H,22,27)(H,23,26). The van der Waals surface area contributed by atoms with Gasteiger partial charge in [0.15, 0.2) is 5.69 Å². The Morgan fingerprint density at radius 3 is 2.63 bits per heavy atom. The van der Waals surface area contributed by atoms with Gasteiger partial charge in [0.25, 0.3) is 11.8 Å². The summed E-state index contributed by atoms with van der Waals surface area (Å²) in [4.78, 5) is 29.4. The molecule has 0 fully saturated rings. The average Bonchev–Trinajstić information content (AvgIpc) is 3.07. The quantitative estimate of drug-likeness (QED) is 0.702. The Morgan fingerprint density at radius 2 is 1.89 bits per heavy atom. The van der Waals surface area contributed by atoms with Crippen LogP contribution in [0.3, 0.4) is 0 Å². The van der Waals surface area contributed by atoms with Gasteiger partial charge in [-0.25, -0.2) is 9.37 Å². The van der Waals surface area contributed by atoms with Crippen LogP contribution in [0.15, 0.2) is 48.7 Å². The second-order valence-electron chi connectivity index (χ2n) is 6.30. The van der Waals surface area contributed by atoms with Crippen molar-refractivity contribution in [2.75, 3.05) is 0 Å². The molecule has 0 saturated heterocycles. The van der Waals surface area contributed by atoms with E-state index in [2.05, 4.69) is 15.6 Å². The van der Waals surface area contributed by atoms with Crippen molar-refractivity contribution in [3.05, 3.63) is 71.6 Å². The van der Waals surface area contributed by atoms with Crippen LogP contribution in [0.25, 0.3) is 5.52 Å². The van der Waals surface area contributed by atoms with Crippen molar-refractivity contribution in [2.45, 2.75) is 32.9 Å². The third-order valence-corrected chi connectivity index (χ3v) is 4.35. The molecular weight excluding hydrogens is 347 g/mol. The van der Waals surface area contributed by atoms with Crippen LogP contribution in [0.4, 0.5) is 4.39 Å². The summed E-state index contributed by atoms with van der Waals surface area (Å²) in [5.41, 5.74) is 1.10. The van der Waals surface area contributed by atoms with Gasteiger partial charge < -0.3 is 10.6 Å². The fraction of sp³-hybridized carbons (Fsp3) is 0.250. The summed E-state index contributed by atoms with van der Waals surface area (Å²) in [6.45, 7) is 3.90. The Morgan fingerprint density at radius 1 is 1.15 bits per heavy atom. The number of carbonyl (C=O) groups excluding carboxylic acids is 2. The normalized spacial score (nSPS) is 12.0. The lowest BCUT2D eigenvalue weighted by atomic mass is 10.2. The molecule has 3 aromatic rings. The number of nitrogens with one attached hydrogen (secondary N) is 2. The molecule has 27 heavy (non-hydrogen) atoms. The first kappa shape index (κ1) is 18.6. The average molecular weight is 368 g/mol. The Hall–Kier alpha value is -3.22. The van der Waals surface area contributed by atoms with Gasteiger partial charge in [0.2, 0.25) is 5.82 Å². The van der Waals surface area contributed by atoms with E-state index in [4.69, 9.17) is 0 Å². The number of imidazole rings is 1. The number of benzene rings is 1. The number of amides is 2. The molecule has 0 aliphatic rings. The zero-order valence-corrected chi connectivity index (χ0v) is 15.2. The van der Waals surface area contributed by atoms with E-state index in [1.165, 1.54) is 6.07 Å². The van der Waals surface area contributed by atoms with Gasteiger partial charge in [-0.05, 0) is 31.5 Å². The molecular formula is C20H21FN4O2. The van der Waals surface area contributed by atoms with Crippen molar-refractivity contribution >= 4 is 17.3 Å². The monoisotopic (exact) mass is 368 g/mol. The number of nitrogens with zero attached hydrogens (tertiary/aromatic N) is 2. The van der Waals surface area contributed by atoms with Crippen LogP contribution < -0.4 is 10.6 Å². The smallest absolute Gasteiger partial charge is 0.287 e. The predicted octanol–water partition coefficient (Wildman–Crippen LogP) is 2.93. The van der Waals surface area contributed by atoms with E-state index in [1.54, 1.807) is 47.0 Å². The first-order chi connectivity index (χ1) is 13.0. The minimum absolute atomic E-state index is 0.00343. The molecule has 0 saturated carbocycles. The Kier molecular flexibility index (Phi) is 5.49. The van der Waals surface area contributed by atoms with Crippen LogP contribution in [-0.2, 0) is 6.54 Å². The van der Waals surface area contributed by atoms with E-state index in [-0.39, 0.29) is 35.8 Å². The summed E-state index contributed by atoms with van der Waals surface area (Å²) >= 11 is 0. The first-order valence-corrected chi connectivity index (χ1v) is 8.80. The van der Waals surface area contributed by atoms with Crippen molar-refractivity contribution in [3.8, 4) is 0 Å². The fourth-order valence-electron chi connectivity index (χ4n) is 2.66. The molecule has 7 heteroatoms. The highest BCUT2D eigenvalue weighted by Gasteiger charge is 2.22. The van der Waals surface area contributed by atoms with Crippen LogP contribution in [0.1, 0.15) is 46.9 Å². The molecule has 6 nitrogen and oxygen atoms in total. The molecule has 2 N–H and O–H groups in total. The highest BCUT2D eigenvalue weighted by molar-refractivity contribution is 6.02. The van der Waals surface area contributed by atoms with Crippen LogP contribution in [0.5, 0.6) is 0 Å². The molecule has 1 atom stereocenters. The topological polar surface area (TPSA) is 75.5 Å². The maximum Gasteiger partial charge on any atom is 0.287 e. The molecule has 0 aliphatic carbocycles. The summed E-state index contributed by atoms with van der Waals surface area (Å²) < 4.78 is 15.3. The lowest BCUT2D eigenvalue weighted by Crippen LogP contribution is -2.32. The van der Waals surface area contributed by atoms with Gasteiger partial charge in [-0.15, -0.1) is 0 Å². The highest BCUT2D eigenvalue weighted by atomic mass is 19.1. The predicted molar refractivity (Wildman–Crippen MR) is 100.0 cm³/mol. The Balaban J connectivity index is 1.87. The molecule has 1 aromatic carbocycles. The summed E-state index contributed by atoms with van der Waals surface area (Å²) in [5, 5.41) is 5.52. The van der Waals surface area contributed by atoms with E-state index in [0.717, 1.165) is 6.42 Å². The van der Waals surface area contributed by atoms with Gasteiger partial charge in [0.1, 0.15) is 5.82 Å². The zero-order chi connectivity index (χ0) is 19.4. The maximum absolute atomic E-state index is 13.7. The van der Waals surface area contributed by atoms with E-state index >= 15 is 0 Å². The van der Waals surface area contributed by atoms with Gasteiger partial charge in [-0.3, -0.25) is 14.0 Å². The van der Waals surface area contributed by atoms with Crippen LogP contribution in [0, 0.1) is 5.82 Å². The van der Waals surface area contributed by atoms with Crippen molar-refractivity contribution < 1.29 is 14.0 Å². The van der Waals surface area contributed by atoms with Crippen molar-refractivity contribution in [1.82, 2.24) is 20.0 Å². The number of fused-ring (bicyclic) bond motifs is 1. The van der Waals surface area contributed by atoms with Crippen LogP contribution in [0.2, 0.25) is 0 Å². The summed E-state index contributed by atoms with van der Waals surface area (Å²) in [5.74, 6) is -1.13. The number of pyridine rings is 1. The van der Waals surface area contributed by atoms with Gasteiger partial charge >= 0.3 is 0 Å². The fourth-order valence-corrected chi connectivity index (χ4v) is 2.66. The van der Waals surface area contributed by atoms with Crippen molar-refractivity contribution in [2.24, 2.45) is 0 Å². The molecule has 2 amide bonds. The summed E-state index contributed by atoms with van der Waals surface area (Å²) in [7, 11) is 0. The number of hydrogen-bond donors (Lipinski definition) is 2. The van der Waals surface area contributed by atoms with Gasteiger partial charge in [0, 0.05) is 24.3 Å². The van der Waals surface area contributed by atoms with Crippen LogP contribution in [-0.4, -0.2) is 27.2 Å². The molecule has 1 unspecified atom stereocenters. The minimum Gasteiger partial charge on any atom is -0.348 e. The summed E-state index contributed by atoms with van der Waals surface area (Å²) in [6, 6.07) is 11.5. The van der Waals surface area contributed by atoms with E-state index < -0.39 is 5.91 Å². The number of rotatable bonds is 6. The lowest BCUT2D eigenvalue weighted by molar-refractivity contribution is 0.0936. The number of halogens is 1. The maximum atomic E-state index is 13.7. The van der Waals surface area contributed by atoms with Gasteiger partial charge in [0.05, 0.1) is 5.52 Å². The van der Waals surface area contributed by atoms with E-state index in [9.17, 15) is 14.0 Å². The van der Waals surface area contributed by atoms with E-state index in [0.29, 0.717) is 11.1 Å². The number of carbonyl (C=O) groups is 2. The van der Waals surface area contributed by atoms with Gasteiger partial charge in [-0.1, -0.05) is 31.2 Å². The highest BCUT2D eigenvalue weighted by Crippen LogP contribution is 2.14. The summed E-state index contributed by atoms with van der Waals surface area (Å²) in [6.07, 6.45) is 2.45. The number of hydrogen-bond acceptors (Lipinski definition) is 3. The van der Waals surface area contributed by atoms with Gasteiger partial charge in [-0.2, -0.15) is 0 Å². The van der Waals surface area contributed by atoms with Crippen LogP contribution >= 0.6 is 0 Å². The largest absolute Gasteiger partial charge is 0.348 e. The van der Waals surface area contributed by atoms with Crippen molar-refractivity contribution in [3.63, 3.8) is 0 Å². The first-order valence-electron chi connectivity index (χ1n) is 8.80. The molecule has 0 aliphatic heterocycles. The Bertz CT molecular complexity index is 983.